The van der Waals surface area contributed by atoms with Crippen molar-refractivity contribution in [2.75, 3.05) is 25.0 Å². The third kappa shape index (κ3) is 5.33. The maximum atomic E-state index is 12.7. The van der Waals surface area contributed by atoms with Crippen molar-refractivity contribution in [3.05, 3.63) is 59.2 Å². The van der Waals surface area contributed by atoms with Gasteiger partial charge in [-0.25, -0.2) is 0 Å². The molecule has 2 aromatic rings. The minimum absolute atomic E-state index is 0.0934. The zero-order valence-electron chi connectivity index (χ0n) is 16.6. The normalized spacial score (nSPS) is 15.5. The van der Waals surface area contributed by atoms with E-state index in [2.05, 4.69) is 34.5 Å². The molecule has 27 heavy (non-hydrogen) atoms. The number of amides is 1. The topological polar surface area (TPSA) is 41.6 Å². The van der Waals surface area contributed by atoms with E-state index >= 15 is 0 Å². The summed E-state index contributed by atoms with van der Waals surface area (Å²) in [6.45, 7) is 9.58. The van der Waals surface area contributed by atoms with Crippen molar-refractivity contribution in [3.8, 4) is 5.75 Å². The maximum Gasteiger partial charge on any atom is 0.227 e. The molecule has 1 saturated heterocycles. The van der Waals surface area contributed by atoms with Crippen molar-refractivity contribution in [3.63, 3.8) is 0 Å². The molecule has 3 rings (SSSR count). The highest BCUT2D eigenvalue weighted by atomic mass is 16.5. The van der Waals surface area contributed by atoms with Crippen molar-refractivity contribution >= 4 is 11.6 Å². The molecule has 0 atom stereocenters. The Bertz CT molecular complexity index is 780. The Labute approximate surface area is 162 Å². The number of nitrogens with one attached hydrogen (secondary N) is 1. The fourth-order valence-corrected chi connectivity index (χ4v) is 3.62. The van der Waals surface area contributed by atoms with Crippen LogP contribution < -0.4 is 10.1 Å². The van der Waals surface area contributed by atoms with Gasteiger partial charge in [0.2, 0.25) is 5.91 Å². The molecule has 1 amide bonds. The van der Waals surface area contributed by atoms with E-state index in [0.29, 0.717) is 6.61 Å². The van der Waals surface area contributed by atoms with E-state index in [-0.39, 0.29) is 11.8 Å². The largest absolute Gasteiger partial charge is 0.494 e. The van der Waals surface area contributed by atoms with Gasteiger partial charge >= 0.3 is 0 Å². The van der Waals surface area contributed by atoms with Gasteiger partial charge in [-0.15, -0.1) is 0 Å². The third-order valence-corrected chi connectivity index (χ3v) is 5.22. The molecule has 4 heteroatoms. The molecule has 0 aromatic heterocycles. The molecule has 0 bridgehead atoms. The van der Waals surface area contributed by atoms with Crippen molar-refractivity contribution in [2.45, 2.75) is 40.2 Å². The maximum absolute atomic E-state index is 12.7. The summed E-state index contributed by atoms with van der Waals surface area (Å²) in [7, 11) is 0. The first-order valence-corrected chi connectivity index (χ1v) is 9.87. The Hall–Kier alpha value is -2.33. The standard InChI is InChI=1S/C23H30N2O2/c1-4-27-21-7-5-6-19(15-21)16-25-12-10-20(11-13-25)23(26)24-22-14-17(2)8-9-18(22)3/h5-9,14-15,20H,4,10-13,16H2,1-3H3,(H,24,26). The molecule has 1 heterocycles. The third-order valence-electron chi connectivity index (χ3n) is 5.22. The van der Waals surface area contributed by atoms with E-state index in [1.54, 1.807) is 0 Å². The second-order valence-electron chi connectivity index (χ2n) is 7.44. The van der Waals surface area contributed by atoms with Gasteiger partial charge < -0.3 is 10.1 Å². The van der Waals surface area contributed by atoms with Crippen molar-refractivity contribution < 1.29 is 9.53 Å². The summed E-state index contributed by atoms with van der Waals surface area (Å²) >= 11 is 0. The van der Waals surface area contributed by atoms with Crippen LogP contribution in [0.5, 0.6) is 5.75 Å². The number of hydrogen-bond acceptors (Lipinski definition) is 3. The number of piperidine rings is 1. The molecule has 2 aromatic carbocycles. The van der Waals surface area contributed by atoms with E-state index < -0.39 is 0 Å². The first-order chi connectivity index (χ1) is 13.0. The first kappa shape index (κ1) is 19.4. The van der Waals surface area contributed by atoms with Crippen LogP contribution in [-0.4, -0.2) is 30.5 Å². The monoisotopic (exact) mass is 366 g/mol. The number of carbonyl (C=O) groups is 1. The quantitative estimate of drug-likeness (QED) is 0.815. The van der Waals surface area contributed by atoms with E-state index in [0.717, 1.165) is 49.5 Å². The number of carbonyl (C=O) groups excluding carboxylic acids is 1. The molecule has 1 N–H and O–H groups in total. The predicted octanol–water partition coefficient (Wildman–Crippen LogP) is 4.55. The van der Waals surface area contributed by atoms with E-state index in [1.807, 2.05) is 39.0 Å². The number of hydrogen-bond donors (Lipinski definition) is 1. The van der Waals surface area contributed by atoms with E-state index in [1.165, 1.54) is 11.1 Å². The van der Waals surface area contributed by atoms with Crippen molar-refractivity contribution in [1.29, 1.82) is 0 Å². The van der Waals surface area contributed by atoms with Gasteiger partial charge in [0, 0.05) is 18.2 Å². The number of nitrogens with zero attached hydrogens (tertiary/aromatic N) is 1. The number of rotatable bonds is 6. The molecule has 0 spiro atoms. The highest BCUT2D eigenvalue weighted by Gasteiger charge is 2.25. The summed E-state index contributed by atoms with van der Waals surface area (Å²) in [5, 5.41) is 3.13. The summed E-state index contributed by atoms with van der Waals surface area (Å²) in [6, 6.07) is 14.5. The minimum Gasteiger partial charge on any atom is -0.494 e. The van der Waals surface area contributed by atoms with Crippen LogP contribution in [0.2, 0.25) is 0 Å². The first-order valence-electron chi connectivity index (χ1n) is 9.87. The molecule has 0 radical (unpaired) electrons. The lowest BCUT2D eigenvalue weighted by Gasteiger charge is -2.31. The minimum atomic E-state index is 0.0934. The zero-order chi connectivity index (χ0) is 19.2. The van der Waals surface area contributed by atoms with E-state index in [4.69, 9.17) is 4.74 Å². The highest BCUT2D eigenvalue weighted by Crippen LogP contribution is 2.23. The number of benzene rings is 2. The van der Waals surface area contributed by atoms with Gasteiger partial charge in [-0.05, 0) is 81.6 Å². The molecule has 4 nitrogen and oxygen atoms in total. The van der Waals surface area contributed by atoms with Crippen molar-refractivity contribution in [2.24, 2.45) is 5.92 Å². The second kappa shape index (κ2) is 9.05. The van der Waals surface area contributed by atoms with Crippen LogP contribution in [0, 0.1) is 19.8 Å². The van der Waals surface area contributed by atoms with Gasteiger partial charge in [-0.2, -0.15) is 0 Å². The number of ether oxygens (including phenoxy) is 1. The lowest BCUT2D eigenvalue weighted by atomic mass is 9.95. The van der Waals surface area contributed by atoms with Gasteiger partial charge in [0.15, 0.2) is 0 Å². The average Bonchev–Trinajstić information content (AvgIpc) is 2.66. The molecule has 144 valence electrons. The Morgan fingerprint density at radius 2 is 1.93 bits per heavy atom. The summed E-state index contributed by atoms with van der Waals surface area (Å²) < 4.78 is 5.59. The van der Waals surface area contributed by atoms with Crippen LogP contribution in [0.3, 0.4) is 0 Å². The lowest BCUT2D eigenvalue weighted by molar-refractivity contribution is -0.121. The summed E-state index contributed by atoms with van der Waals surface area (Å²) in [4.78, 5) is 15.1. The van der Waals surface area contributed by atoms with Gasteiger partial charge in [-0.1, -0.05) is 24.3 Å². The highest BCUT2D eigenvalue weighted by molar-refractivity contribution is 5.93. The Kier molecular flexibility index (Phi) is 6.51. The predicted molar refractivity (Wildman–Crippen MR) is 110 cm³/mol. The molecule has 0 aliphatic carbocycles. The lowest BCUT2D eigenvalue weighted by Crippen LogP contribution is -2.37. The molecule has 0 unspecified atom stereocenters. The van der Waals surface area contributed by atoms with Gasteiger partial charge in [0.25, 0.3) is 0 Å². The number of anilines is 1. The molecular formula is C23H30N2O2. The number of aryl methyl sites for hydroxylation is 2. The molecule has 1 fully saturated rings. The Morgan fingerprint density at radius 3 is 2.67 bits per heavy atom. The smallest absolute Gasteiger partial charge is 0.227 e. The summed E-state index contributed by atoms with van der Waals surface area (Å²) in [5.74, 6) is 1.18. The number of likely N-dealkylation sites (tertiary alicyclic amines) is 1. The van der Waals surface area contributed by atoms with Crippen LogP contribution in [0.1, 0.15) is 36.5 Å². The SMILES string of the molecule is CCOc1cccc(CN2CCC(C(=O)Nc3cc(C)ccc3C)CC2)c1. The van der Waals surface area contributed by atoms with Gasteiger partial charge in [0.1, 0.15) is 5.75 Å². The average molecular weight is 367 g/mol. The van der Waals surface area contributed by atoms with Gasteiger partial charge in [-0.3, -0.25) is 9.69 Å². The van der Waals surface area contributed by atoms with Crippen LogP contribution in [0.15, 0.2) is 42.5 Å². The Balaban J connectivity index is 1.51. The second-order valence-corrected chi connectivity index (χ2v) is 7.44. The zero-order valence-corrected chi connectivity index (χ0v) is 16.6. The molecular weight excluding hydrogens is 336 g/mol. The van der Waals surface area contributed by atoms with Crippen LogP contribution in [-0.2, 0) is 11.3 Å². The van der Waals surface area contributed by atoms with Crippen LogP contribution in [0.25, 0.3) is 0 Å². The van der Waals surface area contributed by atoms with Gasteiger partial charge in [0.05, 0.1) is 6.61 Å². The fourth-order valence-electron chi connectivity index (χ4n) is 3.62. The molecule has 1 aliphatic rings. The van der Waals surface area contributed by atoms with Crippen LogP contribution >= 0.6 is 0 Å². The van der Waals surface area contributed by atoms with E-state index in [9.17, 15) is 4.79 Å². The molecule has 0 saturated carbocycles. The summed E-state index contributed by atoms with van der Waals surface area (Å²) in [6.07, 6.45) is 1.81. The fraction of sp³-hybridized carbons (Fsp3) is 0.435. The Morgan fingerprint density at radius 1 is 1.15 bits per heavy atom. The van der Waals surface area contributed by atoms with Crippen LogP contribution in [0.4, 0.5) is 5.69 Å². The summed E-state index contributed by atoms with van der Waals surface area (Å²) in [5.41, 5.74) is 4.48. The molecule has 1 aliphatic heterocycles. The van der Waals surface area contributed by atoms with Crippen molar-refractivity contribution in [1.82, 2.24) is 4.90 Å².